The molecule has 126 valence electrons. The number of benzene rings is 1. The third-order valence-corrected chi connectivity index (χ3v) is 3.42. The second-order valence-corrected chi connectivity index (χ2v) is 5.21. The molecule has 0 aliphatic heterocycles. The van der Waals surface area contributed by atoms with E-state index in [-0.39, 0.29) is 36.5 Å². The van der Waals surface area contributed by atoms with Gasteiger partial charge in [0.25, 0.3) is 0 Å². The van der Waals surface area contributed by atoms with E-state index in [1.165, 1.54) is 24.3 Å². The van der Waals surface area contributed by atoms with Gasteiger partial charge in [-0.05, 0) is 30.9 Å². The first-order valence-corrected chi connectivity index (χ1v) is 7.24. The molecule has 0 saturated carbocycles. The van der Waals surface area contributed by atoms with Crippen molar-refractivity contribution < 1.29 is 34.4 Å². The Morgan fingerprint density at radius 3 is 2.26 bits per heavy atom. The van der Waals surface area contributed by atoms with Gasteiger partial charge >= 0.3 is 17.9 Å². The van der Waals surface area contributed by atoms with Gasteiger partial charge in [0.2, 0.25) is 0 Å². The van der Waals surface area contributed by atoms with Crippen molar-refractivity contribution in [3.8, 4) is 0 Å². The molecule has 0 aliphatic rings. The standard InChI is InChI=1S/C16H20O7/c1-2-10(7-11(17)8-14(18)19)9-23-16(22)13-6-4-3-5-12(13)15(20)21/h3-6,10-11,17H,2,7-9H2,1H3,(H,18,19)(H,20,21). The number of carboxylic acid groups (broad SMARTS) is 2. The van der Waals surface area contributed by atoms with Crippen LogP contribution in [0.15, 0.2) is 24.3 Å². The van der Waals surface area contributed by atoms with Gasteiger partial charge in [0, 0.05) is 0 Å². The fourth-order valence-corrected chi connectivity index (χ4v) is 2.14. The number of rotatable bonds is 9. The van der Waals surface area contributed by atoms with Crippen LogP contribution in [0, 0.1) is 5.92 Å². The Morgan fingerprint density at radius 2 is 1.74 bits per heavy atom. The highest BCUT2D eigenvalue weighted by Crippen LogP contribution is 2.16. The van der Waals surface area contributed by atoms with Gasteiger partial charge in [-0.15, -0.1) is 0 Å². The highest BCUT2D eigenvalue weighted by Gasteiger charge is 2.20. The highest BCUT2D eigenvalue weighted by atomic mass is 16.5. The number of carbonyl (C=O) groups excluding carboxylic acids is 1. The minimum absolute atomic E-state index is 0.0139. The van der Waals surface area contributed by atoms with E-state index in [1.54, 1.807) is 0 Å². The summed E-state index contributed by atoms with van der Waals surface area (Å²) in [6.07, 6.45) is -0.601. The van der Waals surface area contributed by atoms with E-state index in [9.17, 15) is 19.5 Å². The number of hydrogen-bond acceptors (Lipinski definition) is 5. The summed E-state index contributed by atoms with van der Waals surface area (Å²) in [5.41, 5.74) is -0.183. The van der Waals surface area contributed by atoms with Crippen LogP contribution in [0.2, 0.25) is 0 Å². The largest absolute Gasteiger partial charge is 0.481 e. The van der Waals surface area contributed by atoms with Gasteiger partial charge in [0.15, 0.2) is 0 Å². The van der Waals surface area contributed by atoms with Crippen molar-refractivity contribution in [2.24, 2.45) is 5.92 Å². The van der Waals surface area contributed by atoms with Crippen LogP contribution in [0.25, 0.3) is 0 Å². The number of hydrogen-bond donors (Lipinski definition) is 3. The molecule has 1 aromatic carbocycles. The van der Waals surface area contributed by atoms with E-state index < -0.39 is 24.0 Å². The number of carboxylic acids is 2. The molecule has 7 heteroatoms. The van der Waals surface area contributed by atoms with Gasteiger partial charge in [0.05, 0.1) is 30.3 Å². The van der Waals surface area contributed by atoms with Gasteiger partial charge < -0.3 is 20.1 Å². The van der Waals surface area contributed by atoms with Crippen LogP contribution in [0.5, 0.6) is 0 Å². The Hall–Kier alpha value is -2.41. The summed E-state index contributed by atoms with van der Waals surface area (Å²) < 4.78 is 5.12. The quantitative estimate of drug-likeness (QED) is 0.592. The molecule has 0 spiro atoms. The molecule has 7 nitrogen and oxygen atoms in total. The summed E-state index contributed by atoms with van der Waals surface area (Å²) in [6.45, 7) is 1.82. The Bertz CT molecular complexity index is 567. The van der Waals surface area contributed by atoms with Crippen LogP contribution in [0.3, 0.4) is 0 Å². The third-order valence-electron chi connectivity index (χ3n) is 3.42. The number of ether oxygens (including phenoxy) is 1. The molecule has 0 aliphatic carbocycles. The number of carbonyl (C=O) groups is 3. The van der Waals surface area contributed by atoms with E-state index in [0.29, 0.717) is 6.42 Å². The van der Waals surface area contributed by atoms with Gasteiger partial charge in [-0.1, -0.05) is 19.1 Å². The molecular weight excluding hydrogens is 304 g/mol. The van der Waals surface area contributed by atoms with E-state index in [0.717, 1.165) is 0 Å². The van der Waals surface area contributed by atoms with Crippen LogP contribution < -0.4 is 0 Å². The van der Waals surface area contributed by atoms with E-state index >= 15 is 0 Å². The minimum Gasteiger partial charge on any atom is -0.481 e. The number of aliphatic hydroxyl groups excluding tert-OH is 1. The maximum absolute atomic E-state index is 12.0. The fraction of sp³-hybridized carbons (Fsp3) is 0.438. The topological polar surface area (TPSA) is 121 Å². The van der Waals surface area contributed by atoms with Gasteiger partial charge in [-0.2, -0.15) is 0 Å². The lowest BCUT2D eigenvalue weighted by Gasteiger charge is -2.18. The Kier molecular flexibility index (Phi) is 7.21. The van der Waals surface area contributed by atoms with Crippen LogP contribution >= 0.6 is 0 Å². The zero-order chi connectivity index (χ0) is 17.4. The molecule has 3 N–H and O–H groups in total. The Balaban J connectivity index is 2.63. The minimum atomic E-state index is -1.22. The molecular formula is C16H20O7. The molecule has 0 amide bonds. The van der Waals surface area contributed by atoms with Gasteiger partial charge in [-0.3, -0.25) is 4.79 Å². The summed E-state index contributed by atoms with van der Waals surface area (Å²) >= 11 is 0. The van der Waals surface area contributed by atoms with Crippen LogP contribution in [0.4, 0.5) is 0 Å². The average molecular weight is 324 g/mol. The summed E-state index contributed by atoms with van der Waals surface area (Å²) in [5.74, 6) is -3.28. The highest BCUT2D eigenvalue weighted by molar-refractivity contribution is 6.02. The van der Waals surface area contributed by atoms with Crippen LogP contribution in [-0.2, 0) is 9.53 Å². The zero-order valence-corrected chi connectivity index (χ0v) is 12.8. The van der Waals surface area contributed by atoms with Crippen molar-refractivity contribution in [2.45, 2.75) is 32.3 Å². The van der Waals surface area contributed by atoms with Crippen molar-refractivity contribution in [2.75, 3.05) is 6.61 Å². The predicted octanol–water partition coefficient (Wildman–Crippen LogP) is 1.79. The molecule has 0 fully saturated rings. The molecule has 0 heterocycles. The second-order valence-electron chi connectivity index (χ2n) is 5.21. The Morgan fingerprint density at radius 1 is 1.13 bits per heavy atom. The summed E-state index contributed by atoms with van der Waals surface area (Å²) in [5, 5.41) is 27.3. The normalized spacial score (nSPS) is 13.1. The lowest BCUT2D eigenvalue weighted by Crippen LogP contribution is -2.22. The van der Waals surface area contributed by atoms with Gasteiger partial charge in [-0.25, -0.2) is 9.59 Å². The first-order chi connectivity index (χ1) is 10.8. The molecule has 0 aromatic heterocycles. The van der Waals surface area contributed by atoms with E-state index in [2.05, 4.69) is 0 Å². The van der Waals surface area contributed by atoms with Crippen LogP contribution in [0.1, 0.15) is 46.9 Å². The van der Waals surface area contributed by atoms with E-state index in [1.807, 2.05) is 6.92 Å². The molecule has 0 radical (unpaired) electrons. The number of aromatic carboxylic acids is 1. The maximum atomic E-state index is 12.0. The first kappa shape index (κ1) is 18.6. The monoisotopic (exact) mass is 324 g/mol. The second kappa shape index (κ2) is 8.89. The van der Waals surface area contributed by atoms with Crippen molar-refractivity contribution in [1.82, 2.24) is 0 Å². The first-order valence-electron chi connectivity index (χ1n) is 7.24. The van der Waals surface area contributed by atoms with Gasteiger partial charge in [0.1, 0.15) is 0 Å². The summed E-state index contributed by atoms with van der Waals surface area (Å²) in [7, 11) is 0. The zero-order valence-electron chi connectivity index (χ0n) is 12.8. The third kappa shape index (κ3) is 6.07. The summed E-state index contributed by atoms with van der Waals surface area (Å²) in [6, 6.07) is 5.73. The number of esters is 1. The molecule has 23 heavy (non-hydrogen) atoms. The van der Waals surface area contributed by atoms with Crippen molar-refractivity contribution in [3.05, 3.63) is 35.4 Å². The van der Waals surface area contributed by atoms with Crippen molar-refractivity contribution in [3.63, 3.8) is 0 Å². The Labute approximate surface area is 133 Å². The lowest BCUT2D eigenvalue weighted by molar-refractivity contribution is -0.139. The fourth-order valence-electron chi connectivity index (χ4n) is 2.14. The van der Waals surface area contributed by atoms with Crippen molar-refractivity contribution >= 4 is 17.9 Å². The molecule has 2 atom stereocenters. The number of aliphatic hydroxyl groups is 1. The van der Waals surface area contributed by atoms with Crippen LogP contribution in [-0.4, -0.2) is 45.9 Å². The molecule has 1 aromatic rings. The van der Waals surface area contributed by atoms with Crippen molar-refractivity contribution in [1.29, 1.82) is 0 Å². The summed E-state index contributed by atoms with van der Waals surface area (Å²) in [4.78, 5) is 33.6. The molecule has 0 bridgehead atoms. The van der Waals surface area contributed by atoms with E-state index in [4.69, 9.17) is 14.9 Å². The SMILES string of the molecule is CCC(COC(=O)c1ccccc1C(=O)O)CC(O)CC(=O)O. The number of aliphatic carboxylic acids is 1. The smallest absolute Gasteiger partial charge is 0.339 e. The molecule has 2 unspecified atom stereocenters. The molecule has 1 rings (SSSR count). The maximum Gasteiger partial charge on any atom is 0.339 e. The molecule has 0 saturated heterocycles. The average Bonchev–Trinajstić information content (AvgIpc) is 2.50. The lowest BCUT2D eigenvalue weighted by atomic mass is 9.98. The predicted molar refractivity (Wildman–Crippen MR) is 80.3 cm³/mol.